The molecule has 5 nitrogen and oxygen atoms in total. The van der Waals surface area contributed by atoms with E-state index < -0.39 is 0 Å². The summed E-state index contributed by atoms with van der Waals surface area (Å²) in [4.78, 5) is 34.4. The summed E-state index contributed by atoms with van der Waals surface area (Å²) >= 11 is 0. The Hall–Kier alpha value is -3.73. The molecule has 0 saturated heterocycles. The number of anilines is 1. The Kier molecular flexibility index (Phi) is 4.72. The van der Waals surface area contributed by atoms with Crippen molar-refractivity contribution in [2.45, 2.75) is 13.5 Å². The number of para-hydroxylation sites is 2. The van der Waals surface area contributed by atoms with E-state index in [-0.39, 0.29) is 18.0 Å². The molecule has 0 aliphatic carbocycles. The van der Waals surface area contributed by atoms with Crippen molar-refractivity contribution >= 4 is 22.5 Å². The maximum atomic E-state index is 13.2. The van der Waals surface area contributed by atoms with Crippen LogP contribution in [0.15, 0.2) is 83.9 Å². The summed E-state index contributed by atoms with van der Waals surface area (Å²) in [5.74, 6) is -0.183. The lowest BCUT2D eigenvalue weighted by Gasteiger charge is -2.23. The Balaban J connectivity index is 1.78. The number of carbonyl (C=O) groups excluding carboxylic acids is 1. The molecule has 0 spiro atoms. The molecule has 5 heteroatoms. The highest BCUT2D eigenvalue weighted by Gasteiger charge is 2.19. The van der Waals surface area contributed by atoms with Gasteiger partial charge in [-0.3, -0.25) is 14.6 Å². The number of hydrogen-bond acceptors (Lipinski definition) is 3. The second kappa shape index (κ2) is 7.48. The number of carbonyl (C=O) groups is 1. The minimum absolute atomic E-state index is 0.171. The number of fused-ring (bicyclic) bond motifs is 1. The van der Waals surface area contributed by atoms with Crippen LogP contribution in [-0.4, -0.2) is 15.9 Å². The van der Waals surface area contributed by atoms with Gasteiger partial charge in [-0.2, -0.15) is 0 Å². The molecule has 4 aromatic rings. The fraction of sp³-hybridized carbons (Fsp3) is 0.0870. The van der Waals surface area contributed by atoms with Gasteiger partial charge >= 0.3 is 0 Å². The van der Waals surface area contributed by atoms with E-state index in [2.05, 4.69) is 9.97 Å². The van der Waals surface area contributed by atoms with Crippen molar-refractivity contribution in [2.75, 3.05) is 4.90 Å². The molecule has 0 radical (unpaired) electrons. The summed E-state index contributed by atoms with van der Waals surface area (Å²) in [6, 6.07) is 20.4. The molecular formula is C23H19N3O2. The molecule has 0 aliphatic heterocycles. The van der Waals surface area contributed by atoms with E-state index in [1.165, 1.54) is 0 Å². The summed E-state index contributed by atoms with van der Waals surface area (Å²) in [5.41, 5.74) is 3.42. The van der Waals surface area contributed by atoms with Gasteiger partial charge in [0.15, 0.2) is 0 Å². The Morgan fingerprint density at radius 1 is 1.00 bits per heavy atom. The lowest BCUT2D eigenvalue weighted by Crippen LogP contribution is -2.32. The van der Waals surface area contributed by atoms with E-state index in [4.69, 9.17) is 0 Å². The van der Waals surface area contributed by atoms with Gasteiger partial charge in [0.2, 0.25) is 0 Å². The average Bonchev–Trinajstić information content (AvgIpc) is 2.74. The highest BCUT2D eigenvalue weighted by Crippen LogP contribution is 2.21. The van der Waals surface area contributed by atoms with Crippen molar-refractivity contribution in [3.8, 4) is 0 Å². The van der Waals surface area contributed by atoms with Crippen LogP contribution < -0.4 is 10.5 Å². The topological polar surface area (TPSA) is 66.1 Å². The quantitative estimate of drug-likeness (QED) is 0.589. The number of aromatic nitrogens is 2. The third-order valence-electron chi connectivity index (χ3n) is 4.73. The first-order chi connectivity index (χ1) is 13.6. The maximum Gasteiger partial charge on any atom is 0.258 e. The van der Waals surface area contributed by atoms with Crippen LogP contribution in [0.5, 0.6) is 0 Å². The van der Waals surface area contributed by atoms with E-state index in [1.54, 1.807) is 29.4 Å². The lowest BCUT2D eigenvalue weighted by molar-refractivity contribution is 0.0985. The number of H-pyrrole nitrogens is 1. The highest BCUT2D eigenvalue weighted by atomic mass is 16.2. The molecule has 2 aromatic heterocycles. The molecule has 0 aliphatic rings. The fourth-order valence-electron chi connectivity index (χ4n) is 3.25. The smallest absolute Gasteiger partial charge is 0.258 e. The number of hydrogen-bond donors (Lipinski definition) is 1. The molecule has 0 saturated carbocycles. The number of pyridine rings is 2. The summed E-state index contributed by atoms with van der Waals surface area (Å²) < 4.78 is 0. The number of aryl methyl sites for hydroxylation is 1. The van der Waals surface area contributed by atoms with Gasteiger partial charge in [-0.25, -0.2) is 0 Å². The number of amides is 1. The SMILES string of the molecule is Cc1cccc2cc(CN(C(=O)c3ccncc3)c3ccccc3)c(=O)[nH]c12. The Bertz CT molecular complexity index is 1180. The molecule has 138 valence electrons. The first-order valence-corrected chi connectivity index (χ1v) is 9.02. The predicted octanol–water partition coefficient (Wildman–Crippen LogP) is 4.08. The molecule has 0 unspecified atom stereocenters. The van der Waals surface area contributed by atoms with E-state index >= 15 is 0 Å². The normalized spacial score (nSPS) is 10.8. The van der Waals surface area contributed by atoms with Crippen molar-refractivity contribution in [1.29, 1.82) is 0 Å². The fourth-order valence-corrected chi connectivity index (χ4v) is 3.25. The van der Waals surface area contributed by atoms with Crippen molar-refractivity contribution in [3.05, 3.63) is 106 Å². The number of nitrogens with one attached hydrogen (secondary N) is 1. The molecule has 4 rings (SSSR count). The van der Waals surface area contributed by atoms with Gasteiger partial charge in [-0.1, -0.05) is 36.4 Å². The molecule has 0 fully saturated rings. The van der Waals surface area contributed by atoms with Crippen LogP contribution in [0.3, 0.4) is 0 Å². The minimum atomic E-state index is -0.190. The van der Waals surface area contributed by atoms with Crippen LogP contribution in [0.2, 0.25) is 0 Å². The van der Waals surface area contributed by atoms with Crippen LogP contribution in [0, 0.1) is 6.92 Å². The molecule has 0 bridgehead atoms. The Morgan fingerprint density at radius 2 is 1.75 bits per heavy atom. The van der Waals surface area contributed by atoms with E-state index in [1.807, 2.05) is 61.5 Å². The van der Waals surface area contributed by atoms with E-state index in [0.717, 1.165) is 22.2 Å². The standard InChI is InChI=1S/C23H19N3O2/c1-16-6-5-7-18-14-19(22(27)25-21(16)18)15-26(20-8-3-2-4-9-20)23(28)17-10-12-24-13-11-17/h2-14H,15H2,1H3,(H,25,27). The molecule has 1 amide bonds. The van der Waals surface area contributed by atoms with Crippen LogP contribution in [-0.2, 0) is 6.54 Å². The molecular weight excluding hydrogens is 350 g/mol. The van der Waals surface area contributed by atoms with Crippen LogP contribution in [0.1, 0.15) is 21.5 Å². The van der Waals surface area contributed by atoms with Crippen LogP contribution in [0.25, 0.3) is 10.9 Å². The first-order valence-electron chi connectivity index (χ1n) is 9.02. The number of aromatic amines is 1. The summed E-state index contributed by atoms with van der Waals surface area (Å²) in [6.45, 7) is 2.13. The van der Waals surface area contributed by atoms with E-state index in [9.17, 15) is 9.59 Å². The Morgan fingerprint density at radius 3 is 2.50 bits per heavy atom. The van der Waals surface area contributed by atoms with Gasteiger partial charge in [0.05, 0.1) is 12.1 Å². The highest BCUT2D eigenvalue weighted by molar-refractivity contribution is 6.06. The van der Waals surface area contributed by atoms with Crippen molar-refractivity contribution in [2.24, 2.45) is 0 Å². The third kappa shape index (κ3) is 3.42. The van der Waals surface area contributed by atoms with Gasteiger partial charge < -0.3 is 9.88 Å². The third-order valence-corrected chi connectivity index (χ3v) is 4.73. The Labute approximate surface area is 162 Å². The van der Waals surface area contributed by atoms with Gasteiger partial charge in [0.1, 0.15) is 0 Å². The molecule has 0 atom stereocenters. The summed E-state index contributed by atoms with van der Waals surface area (Å²) in [7, 11) is 0. The monoisotopic (exact) mass is 369 g/mol. The molecule has 2 heterocycles. The maximum absolute atomic E-state index is 13.2. The second-order valence-corrected chi connectivity index (χ2v) is 6.63. The number of rotatable bonds is 4. The van der Waals surface area contributed by atoms with Crippen LogP contribution >= 0.6 is 0 Å². The zero-order valence-corrected chi connectivity index (χ0v) is 15.4. The van der Waals surface area contributed by atoms with Gasteiger partial charge in [-0.05, 0) is 48.2 Å². The number of benzene rings is 2. The lowest BCUT2D eigenvalue weighted by atomic mass is 10.1. The van der Waals surface area contributed by atoms with Crippen molar-refractivity contribution < 1.29 is 4.79 Å². The molecule has 28 heavy (non-hydrogen) atoms. The first kappa shape index (κ1) is 17.7. The second-order valence-electron chi connectivity index (χ2n) is 6.63. The largest absolute Gasteiger partial charge is 0.321 e. The van der Waals surface area contributed by atoms with Gasteiger partial charge in [0, 0.05) is 29.2 Å². The summed E-state index contributed by atoms with van der Waals surface area (Å²) in [6.07, 6.45) is 3.17. The molecule has 2 aromatic carbocycles. The van der Waals surface area contributed by atoms with Gasteiger partial charge in [-0.15, -0.1) is 0 Å². The van der Waals surface area contributed by atoms with Crippen molar-refractivity contribution in [3.63, 3.8) is 0 Å². The van der Waals surface area contributed by atoms with Crippen LogP contribution in [0.4, 0.5) is 5.69 Å². The average molecular weight is 369 g/mol. The predicted molar refractivity (Wildman–Crippen MR) is 110 cm³/mol. The number of nitrogens with zero attached hydrogens (tertiary/aromatic N) is 2. The zero-order valence-electron chi connectivity index (χ0n) is 15.4. The zero-order chi connectivity index (χ0) is 19.5. The van der Waals surface area contributed by atoms with E-state index in [0.29, 0.717) is 11.1 Å². The van der Waals surface area contributed by atoms with Crippen molar-refractivity contribution in [1.82, 2.24) is 9.97 Å². The minimum Gasteiger partial charge on any atom is -0.321 e. The summed E-state index contributed by atoms with van der Waals surface area (Å²) in [5, 5.41) is 0.943. The van der Waals surface area contributed by atoms with Gasteiger partial charge in [0.25, 0.3) is 11.5 Å². The molecule has 1 N–H and O–H groups in total.